The van der Waals surface area contributed by atoms with Crippen molar-refractivity contribution in [1.82, 2.24) is 5.32 Å². The van der Waals surface area contributed by atoms with Crippen LogP contribution in [0.15, 0.2) is 41.8 Å². The smallest absolute Gasteiger partial charge is 0.338 e. The maximum atomic E-state index is 12.1. The lowest BCUT2D eigenvalue weighted by atomic mass is 9.87. The number of amides is 2. The third-order valence-electron chi connectivity index (χ3n) is 4.84. The lowest BCUT2D eigenvalue weighted by molar-refractivity contribution is -0.125. The van der Waals surface area contributed by atoms with E-state index in [0.717, 1.165) is 25.7 Å². The van der Waals surface area contributed by atoms with Gasteiger partial charge in [-0.3, -0.25) is 9.59 Å². The van der Waals surface area contributed by atoms with Crippen molar-refractivity contribution in [3.63, 3.8) is 0 Å². The zero-order valence-electron chi connectivity index (χ0n) is 15.8. The molecule has 0 saturated heterocycles. The van der Waals surface area contributed by atoms with Gasteiger partial charge in [-0.15, -0.1) is 11.3 Å². The average Bonchev–Trinajstić information content (AvgIpc) is 3.23. The molecule has 148 valence electrons. The maximum Gasteiger partial charge on any atom is 0.338 e. The van der Waals surface area contributed by atoms with E-state index in [1.807, 2.05) is 11.4 Å². The van der Waals surface area contributed by atoms with Gasteiger partial charge in [0.15, 0.2) is 6.61 Å². The summed E-state index contributed by atoms with van der Waals surface area (Å²) in [5, 5.41) is 7.52. The Balaban J connectivity index is 1.44. The summed E-state index contributed by atoms with van der Waals surface area (Å²) < 4.78 is 5.10. The number of carbonyl (C=O) groups excluding carboxylic acids is 3. The first-order valence-corrected chi connectivity index (χ1v) is 10.3. The van der Waals surface area contributed by atoms with Crippen molar-refractivity contribution >= 4 is 34.8 Å². The van der Waals surface area contributed by atoms with E-state index in [4.69, 9.17) is 4.74 Å². The molecule has 28 heavy (non-hydrogen) atoms. The highest BCUT2D eigenvalue weighted by Crippen LogP contribution is 2.23. The zero-order chi connectivity index (χ0) is 19.9. The number of ether oxygens (including phenoxy) is 1. The van der Waals surface area contributed by atoms with Crippen LogP contribution < -0.4 is 10.6 Å². The monoisotopic (exact) mass is 400 g/mol. The third kappa shape index (κ3) is 5.66. The Morgan fingerprint density at radius 2 is 1.79 bits per heavy atom. The molecule has 2 N–H and O–H groups in total. The maximum absolute atomic E-state index is 12.1. The normalized spacial score (nSPS) is 18.9. The van der Waals surface area contributed by atoms with Gasteiger partial charge >= 0.3 is 5.97 Å². The quantitative estimate of drug-likeness (QED) is 0.722. The number of hydrogen-bond donors (Lipinski definition) is 2. The van der Waals surface area contributed by atoms with E-state index in [-0.39, 0.29) is 24.5 Å². The van der Waals surface area contributed by atoms with E-state index in [9.17, 15) is 14.4 Å². The van der Waals surface area contributed by atoms with E-state index >= 15 is 0 Å². The van der Waals surface area contributed by atoms with Crippen LogP contribution in [0.2, 0.25) is 0 Å². The molecule has 0 radical (unpaired) electrons. The molecule has 2 aromatic rings. The molecule has 1 aromatic carbocycles. The predicted molar refractivity (Wildman–Crippen MR) is 109 cm³/mol. The standard InChI is InChI=1S/C21H24N2O4S/c1-14-4-8-16(9-5-14)22-19(24)13-27-21(26)15-6-10-17(11-7-15)23-20(25)18-3-2-12-28-18/h2-3,6-7,10-12,14,16H,4-5,8-9,13H2,1H3,(H,22,24)(H,23,25). The van der Waals surface area contributed by atoms with Crippen LogP contribution >= 0.6 is 11.3 Å². The predicted octanol–water partition coefficient (Wildman–Crippen LogP) is 3.85. The Kier molecular flexibility index (Phi) is 6.81. The summed E-state index contributed by atoms with van der Waals surface area (Å²) in [5.41, 5.74) is 0.910. The Hall–Kier alpha value is -2.67. The Morgan fingerprint density at radius 1 is 1.07 bits per heavy atom. The summed E-state index contributed by atoms with van der Waals surface area (Å²) >= 11 is 1.36. The topological polar surface area (TPSA) is 84.5 Å². The van der Waals surface area contributed by atoms with Gasteiger partial charge in [0.1, 0.15) is 0 Å². The van der Waals surface area contributed by atoms with Crippen LogP contribution in [0, 0.1) is 5.92 Å². The van der Waals surface area contributed by atoms with Crippen LogP contribution in [0.1, 0.15) is 52.6 Å². The first-order valence-electron chi connectivity index (χ1n) is 9.42. The van der Waals surface area contributed by atoms with Gasteiger partial charge in [-0.2, -0.15) is 0 Å². The van der Waals surface area contributed by atoms with Crippen LogP contribution in [0.25, 0.3) is 0 Å². The van der Waals surface area contributed by atoms with Crippen molar-refractivity contribution in [1.29, 1.82) is 0 Å². The minimum Gasteiger partial charge on any atom is -0.452 e. The fourth-order valence-corrected chi connectivity index (χ4v) is 3.80. The summed E-state index contributed by atoms with van der Waals surface area (Å²) in [6.07, 6.45) is 4.17. The first kappa shape index (κ1) is 20.1. The van der Waals surface area contributed by atoms with Gasteiger partial charge in [0.25, 0.3) is 11.8 Å². The molecule has 0 spiro atoms. The lowest BCUT2D eigenvalue weighted by Crippen LogP contribution is -2.39. The van der Waals surface area contributed by atoms with Crippen molar-refractivity contribution in [3.05, 3.63) is 52.2 Å². The van der Waals surface area contributed by atoms with Crippen molar-refractivity contribution < 1.29 is 19.1 Å². The summed E-state index contributed by atoms with van der Waals surface area (Å²) in [5.74, 6) is -0.320. The summed E-state index contributed by atoms with van der Waals surface area (Å²) in [6.45, 7) is 1.93. The number of benzene rings is 1. The Bertz CT molecular complexity index is 809. The van der Waals surface area contributed by atoms with Crippen LogP contribution in [0.3, 0.4) is 0 Å². The van der Waals surface area contributed by atoms with Crippen molar-refractivity contribution in [3.8, 4) is 0 Å². The Labute approximate surface area is 168 Å². The molecular formula is C21H24N2O4S. The molecule has 3 rings (SSSR count). The fraction of sp³-hybridized carbons (Fsp3) is 0.381. The van der Waals surface area contributed by atoms with Crippen LogP contribution in [-0.4, -0.2) is 30.4 Å². The second-order valence-electron chi connectivity index (χ2n) is 7.11. The molecule has 1 aromatic heterocycles. The zero-order valence-corrected chi connectivity index (χ0v) is 16.6. The highest BCUT2D eigenvalue weighted by molar-refractivity contribution is 7.12. The van der Waals surface area contributed by atoms with Gasteiger partial charge in [-0.25, -0.2) is 4.79 Å². The molecule has 2 amide bonds. The van der Waals surface area contributed by atoms with Crippen molar-refractivity contribution in [2.75, 3.05) is 11.9 Å². The molecule has 7 heteroatoms. The molecule has 1 saturated carbocycles. The molecule has 6 nitrogen and oxygen atoms in total. The Morgan fingerprint density at radius 3 is 2.43 bits per heavy atom. The fourth-order valence-electron chi connectivity index (χ4n) is 3.18. The third-order valence-corrected chi connectivity index (χ3v) is 5.71. The summed E-state index contributed by atoms with van der Waals surface area (Å²) in [4.78, 5) is 36.7. The van der Waals surface area contributed by atoms with E-state index in [1.54, 1.807) is 30.3 Å². The lowest BCUT2D eigenvalue weighted by Gasteiger charge is -2.26. The molecule has 0 unspecified atom stereocenters. The number of rotatable bonds is 6. The number of nitrogens with one attached hydrogen (secondary N) is 2. The van der Waals surface area contributed by atoms with E-state index < -0.39 is 5.97 Å². The minimum absolute atomic E-state index is 0.175. The molecule has 1 aliphatic rings. The number of esters is 1. The number of carbonyl (C=O) groups is 3. The average molecular weight is 401 g/mol. The molecule has 1 aliphatic carbocycles. The molecule has 0 aliphatic heterocycles. The summed E-state index contributed by atoms with van der Waals surface area (Å²) in [7, 11) is 0. The number of thiophene rings is 1. The van der Waals surface area contributed by atoms with Crippen molar-refractivity contribution in [2.24, 2.45) is 5.92 Å². The van der Waals surface area contributed by atoms with Gasteiger partial charge in [0.2, 0.25) is 0 Å². The highest BCUT2D eigenvalue weighted by Gasteiger charge is 2.20. The van der Waals surface area contributed by atoms with Gasteiger partial charge in [-0.05, 0) is 67.3 Å². The molecular weight excluding hydrogens is 376 g/mol. The number of hydrogen-bond acceptors (Lipinski definition) is 5. The first-order chi connectivity index (χ1) is 13.5. The van der Waals surface area contributed by atoms with Crippen LogP contribution in [0.4, 0.5) is 5.69 Å². The second-order valence-corrected chi connectivity index (χ2v) is 8.06. The molecule has 0 atom stereocenters. The van der Waals surface area contributed by atoms with E-state index in [1.165, 1.54) is 11.3 Å². The van der Waals surface area contributed by atoms with Gasteiger partial charge in [-0.1, -0.05) is 13.0 Å². The number of anilines is 1. The SMILES string of the molecule is CC1CCC(NC(=O)COC(=O)c2ccc(NC(=O)c3cccs3)cc2)CC1. The van der Waals surface area contributed by atoms with Gasteiger partial charge in [0, 0.05) is 11.7 Å². The minimum atomic E-state index is -0.566. The molecule has 1 heterocycles. The van der Waals surface area contributed by atoms with E-state index in [0.29, 0.717) is 22.0 Å². The highest BCUT2D eigenvalue weighted by atomic mass is 32.1. The summed E-state index contributed by atoms with van der Waals surface area (Å²) in [6, 6.07) is 10.1. The molecule has 0 bridgehead atoms. The molecule has 1 fully saturated rings. The van der Waals surface area contributed by atoms with Gasteiger partial charge in [0.05, 0.1) is 10.4 Å². The van der Waals surface area contributed by atoms with Gasteiger partial charge < -0.3 is 15.4 Å². The van der Waals surface area contributed by atoms with Crippen LogP contribution in [0.5, 0.6) is 0 Å². The largest absolute Gasteiger partial charge is 0.452 e. The second kappa shape index (κ2) is 9.50. The van der Waals surface area contributed by atoms with E-state index in [2.05, 4.69) is 17.6 Å². The van der Waals surface area contributed by atoms with Crippen LogP contribution in [-0.2, 0) is 9.53 Å². The van der Waals surface area contributed by atoms with Crippen molar-refractivity contribution in [2.45, 2.75) is 38.6 Å².